The van der Waals surface area contributed by atoms with Crippen molar-refractivity contribution in [2.75, 3.05) is 5.75 Å². The molecule has 0 aliphatic heterocycles. The summed E-state index contributed by atoms with van der Waals surface area (Å²) in [5.41, 5.74) is 5.08. The number of rotatable bonds is 8. The molecule has 0 atom stereocenters. The van der Waals surface area contributed by atoms with Gasteiger partial charge in [0.2, 0.25) is 0 Å². The molecule has 0 aliphatic rings. The van der Waals surface area contributed by atoms with E-state index in [4.69, 9.17) is 23.2 Å². The van der Waals surface area contributed by atoms with E-state index in [9.17, 15) is 4.79 Å². The van der Waals surface area contributed by atoms with Crippen molar-refractivity contribution in [3.05, 3.63) is 94.7 Å². The molecule has 2 heterocycles. The summed E-state index contributed by atoms with van der Waals surface area (Å²) >= 11 is 13.4. The number of hydrogen-bond donors (Lipinski definition) is 1. The molecule has 0 radical (unpaired) electrons. The Hall–Kier alpha value is -3.46. The number of hydrazone groups is 1. The second kappa shape index (κ2) is 11.6. The second-order valence-electron chi connectivity index (χ2n) is 6.88. The highest BCUT2D eigenvalue weighted by Gasteiger charge is 2.17. The molecule has 7 nitrogen and oxygen atoms in total. The van der Waals surface area contributed by atoms with E-state index in [2.05, 4.69) is 25.7 Å². The summed E-state index contributed by atoms with van der Waals surface area (Å²) in [6.07, 6.45) is 6.51. The lowest BCUT2D eigenvalue weighted by molar-refractivity contribution is -0.118. The molecule has 0 bridgehead atoms. The van der Waals surface area contributed by atoms with E-state index in [0.29, 0.717) is 21.0 Å². The number of hydrogen-bond acceptors (Lipinski definition) is 6. The Morgan fingerprint density at radius 1 is 1.03 bits per heavy atom. The van der Waals surface area contributed by atoms with Gasteiger partial charge in [0.25, 0.3) is 5.91 Å². The molecule has 0 aliphatic carbocycles. The van der Waals surface area contributed by atoms with Crippen molar-refractivity contribution in [2.45, 2.75) is 5.16 Å². The molecule has 0 unspecified atom stereocenters. The zero-order valence-corrected chi connectivity index (χ0v) is 20.0. The number of nitrogens with zero attached hydrogens (tertiary/aromatic N) is 5. The van der Waals surface area contributed by atoms with Crippen molar-refractivity contribution in [1.82, 2.24) is 25.2 Å². The van der Waals surface area contributed by atoms with Crippen LogP contribution in [0.5, 0.6) is 0 Å². The zero-order valence-electron chi connectivity index (χ0n) is 17.7. The van der Waals surface area contributed by atoms with Gasteiger partial charge in [-0.25, -0.2) is 5.43 Å². The molecule has 1 amide bonds. The molecule has 2 aromatic carbocycles. The summed E-state index contributed by atoms with van der Waals surface area (Å²) in [6, 6.07) is 20.6. The van der Waals surface area contributed by atoms with Gasteiger partial charge in [0.15, 0.2) is 11.0 Å². The number of pyridine rings is 1. The molecule has 4 rings (SSSR count). The molecule has 1 N–H and O–H groups in total. The molecule has 0 saturated carbocycles. The van der Waals surface area contributed by atoms with Crippen LogP contribution in [0.3, 0.4) is 0 Å². The SMILES string of the molecule is O=C(CSc1nnc(-c2ccncc2)n1-c1ccc(Cl)cc1)NN=CC(Cl)=Cc1ccccc1. The van der Waals surface area contributed by atoms with E-state index < -0.39 is 0 Å². The first-order chi connectivity index (χ1) is 16.6. The third-order valence-electron chi connectivity index (χ3n) is 4.47. The third-order valence-corrected chi connectivity index (χ3v) is 5.86. The number of thioether (sulfide) groups is 1. The van der Waals surface area contributed by atoms with Gasteiger partial charge in [-0.1, -0.05) is 65.3 Å². The molecule has 0 spiro atoms. The lowest BCUT2D eigenvalue weighted by atomic mass is 10.2. The van der Waals surface area contributed by atoms with Crippen LogP contribution in [0.4, 0.5) is 0 Å². The van der Waals surface area contributed by atoms with Gasteiger partial charge in [0.05, 0.1) is 17.0 Å². The Bertz CT molecular complexity index is 1310. The summed E-state index contributed by atoms with van der Waals surface area (Å²) in [5, 5.41) is 14.1. The Morgan fingerprint density at radius 3 is 2.50 bits per heavy atom. The number of halogens is 2. The quantitative estimate of drug-likeness (QED) is 0.194. The van der Waals surface area contributed by atoms with Crippen molar-refractivity contribution < 1.29 is 4.79 Å². The van der Waals surface area contributed by atoms with Gasteiger partial charge in [-0.2, -0.15) is 5.10 Å². The van der Waals surface area contributed by atoms with Gasteiger partial charge in [-0.15, -0.1) is 10.2 Å². The average Bonchev–Trinajstić information content (AvgIpc) is 3.28. The zero-order chi connectivity index (χ0) is 23.8. The molecular weight excluding hydrogens is 491 g/mol. The average molecular weight is 509 g/mol. The predicted molar refractivity (Wildman–Crippen MR) is 137 cm³/mol. The van der Waals surface area contributed by atoms with E-state index in [0.717, 1.165) is 16.8 Å². The van der Waals surface area contributed by atoms with Crippen molar-refractivity contribution in [2.24, 2.45) is 5.10 Å². The van der Waals surface area contributed by atoms with Gasteiger partial charge in [-0.05, 0) is 48.0 Å². The largest absolute Gasteiger partial charge is 0.272 e. The van der Waals surface area contributed by atoms with E-state index >= 15 is 0 Å². The van der Waals surface area contributed by atoms with Crippen LogP contribution in [-0.2, 0) is 4.79 Å². The maximum absolute atomic E-state index is 12.3. The first kappa shape index (κ1) is 23.7. The summed E-state index contributed by atoms with van der Waals surface area (Å²) in [7, 11) is 0. The molecule has 10 heteroatoms. The lowest BCUT2D eigenvalue weighted by Gasteiger charge is -2.10. The minimum absolute atomic E-state index is 0.0828. The van der Waals surface area contributed by atoms with Gasteiger partial charge in [0, 0.05) is 28.7 Å². The number of carbonyl (C=O) groups is 1. The van der Waals surface area contributed by atoms with Crippen LogP contribution in [0.2, 0.25) is 5.02 Å². The van der Waals surface area contributed by atoms with Gasteiger partial charge < -0.3 is 0 Å². The van der Waals surface area contributed by atoms with Crippen LogP contribution in [0, 0.1) is 0 Å². The predicted octanol–water partition coefficient (Wildman–Crippen LogP) is 5.46. The van der Waals surface area contributed by atoms with E-state index in [1.165, 1.54) is 18.0 Å². The summed E-state index contributed by atoms with van der Waals surface area (Å²) < 4.78 is 1.87. The number of allylic oxidation sites excluding steroid dienone is 1. The molecule has 0 fully saturated rings. The van der Waals surface area contributed by atoms with Crippen LogP contribution < -0.4 is 5.43 Å². The van der Waals surface area contributed by atoms with Crippen LogP contribution >= 0.6 is 35.0 Å². The van der Waals surface area contributed by atoms with Crippen LogP contribution in [-0.4, -0.2) is 37.6 Å². The van der Waals surface area contributed by atoms with E-state index in [1.807, 2.05) is 59.2 Å². The van der Waals surface area contributed by atoms with Gasteiger partial charge in [-0.3, -0.25) is 14.3 Å². The fraction of sp³-hybridized carbons (Fsp3) is 0.0417. The standard InChI is InChI=1S/C24H18Cl2N6OS/c25-19-6-8-21(9-7-19)32-23(18-10-12-27-13-11-18)30-31-24(32)34-16-22(33)29-28-15-20(26)14-17-4-2-1-3-5-17/h1-15H,16H2,(H,29,33). The minimum atomic E-state index is -0.304. The first-order valence-corrected chi connectivity index (χ1v) is 11.8. The highest BCUT2D eigenvalue weighted by Crippen LogP contribution is 2.28. The highest BCUT2D eigenvalue weighted by atomic mass is 35.5. The van der Waals surface area contributed by atoms with Crippen LogP contribution in [0.15, 0.2) is 94.4 Å². The smallest absolute Gasteiger partial charge is 0.250 e. The van der Waals surface area contributed by atoms with Gasteiger partial charge in [0.1, 0.15) is 0 Å². The number of aromatic nitrogens is 4. The van der Waals surface area contributed by atoms with Crippen LogP contribution in [0.25, 0.3) is 23.2 Å². The molecule has 0 saturated heterocycles. The Labute approximate surface area is 210 Å². The maximum Gasteiger partial charge on any atom is 0.250 e. The van der Waals surface area contributed by atoms with Gasteiger partial charge >= 0.3 is 0 Å². The number of amides is 1. The van der Waals surface area contributed by atoms with Crippen molar-refractivity contribution in [3.8, 4) is 17.1 Å². The van der Waals surface area contributed by atoms with E-state index in [1.54, 1.807) is 30.6 Å². The topological polar surface area (TPSA) is 85.1 Å². The molecular formula is C24H18Cl2N6OS. The summed E-state index contributed by atoms with van der Waals surface area (Å²) in [4.78, 5) is 16.4. The van der Waals surface area contributed by atoms with E-state index in [-0.39, 0.29) is 11.7 Å². The number of carbonyl (C=O) groups excluding carboxylic acids is 1. The second-order valence-corrected chi connectivity index (χ2v) is 8.69. The molecule has 2 aromatic heterocycles. The molecule has 170 valence electrons. The lowest BCUT2D eigenvalue weighted by Crippen LogP contribution is -2.19. The number of benzene rings is 2. The molecule has 4 aromatic rings. The Kier molecular flexibility index (Phi) is 8.08. The summed E-state index contributed by atoms with van der Waals surface area (Å²) in [6.45, 7) is 0. The van der Waals surface area contributed by atoms with Crippen molar-refractivity contribution >= 4 is 53.2 Å². The number of nitrogens with one attached hydrogen (secondary N) is 1. The highest BCUT2D eigenvalue weighted by molar-refractivity contribution is 7.99. The fourth-order valence-electron chi connectivity index (χ4n) is 2.95. The van der Waals surface area contributed by atoms with Crippen LogP contribution in [0.1, 0.15) is 5.56 Å². The first-order valence-electron chi connectivity index (χ1n) is 10.1. The van der Waals surface area contributed by atoms with Crippen molar-refractivity contribution in [3.63, 3.8) is 0 Å². The normalized spacial score (nSPS) is 11.6. The fourth-order valence-corrected chi connectivity index (χ4v) is 3.99. The maximum atomic E-state index is 12.3. The minimum Gasteiger partial charge on any atom is -0.272 e. The molecule has 34 heavy (non-hydrogen) atoms. The monoisotopic (exact) mass is 508 g/mol. The Morgan fingerprint density at radius 2 is 1.76 bits per heavy atom. The third kappa shape index (κ3) is 6.32. The summed E-state index contributed by atoms with van der Waals surface area (Å²) in [5.74, 6) is 0.407. The Balaban J connectivity index is 1.45. The van der Waals surface area contributed by atoms with Crippen molar-refractivity contribution in [1.29, 1.82) is 0 Å².